The second kappa shape index (κ2) is 8.20. The summed E-state index contributed by atoms with van der Waals surface area (Å²) in [5, 5.41) is 2.89. The number of hydrogen-bond acceptors (Lipinski definition) is 3. The van der Waals surface area contributed by atoms with Gasteiger partial charge in [0.25, 0.3) is 0 Å². The van der Waals surface area contributed by atoms with Crippen LogP contribution in [0.3, 0.4) is 0 Å². The molecule has 22 heavy (non-hydrogen) atoms. The highest BCUT2D eigenvalue weighted by Gasteiger charge is 2.05. The van der Waals surface area contributed by atoms with Crippen molar-refractivity contribution < 1.29 is 9.53 Å². The van der Waals surface area contributed by atoms with Crippen LogP contribution in [0.4, 0.5) is 5.69 Å². The molecule has 0 heterocycles. The van der Waals surface area contributed by atoms with Crippen molar-refractivity contribution in [2.24, 2.45) is 5.73 Å². The zero-order valence-corrected chi connectivity index (χ0v) is 12.8. The molecule has 0 spiro atoms. The summed E-state index contributed by atoms with van der Waals surface area (Å²) >= 11 is 0. The number of amides is 1. The molecule has 3 N–H and O–H groups in total. The van der Waals surface area contributed by atoms with Crippen LogP contribution in [0.2, 0.25) is 0 Å². The molecule has 0 aliphatic rings. The fourth-order valence-electron chi connectivity index (χ4n) is 2.09. The number of nitrogens with one attached hydrogen (secondary N) is 1. The molecule has 0 aliphatic carbocycles. The molecule has 0 aromatic heterocycles. The lowest BCUT2D eigenvalue weighted by molar-refractivity contribution is -0.116. The van der Waals surface area contributed by atoms with E-state index in [4.69, 9.17) is 10.5 Å². The number of aryl methyl sites for hydroxylation is 1. The van der Waals surface area contributed by atoms with Crippen LogP contribution in [-0.2, 0) is 11.3 Å². The summed E-state index contributed by atoms with van der Waals surface area (Å²) in [5.74, 6) is 0.813. The Morgan fingerprint density at radius 2 is 1.86 bits per heavy atom. The molecular formula is C18H22N2O2. The second-order valence-electron chi connectivity index (χ2n) is 5.17. The summed E-state index contributed by atoms with van der Waals surface area (Å²) in [7, 11) is 0. The molecule has 2 rings (SSSR count). The molecule has 0 fully saturated rings. The molecule has 0 atom stereocenters. The first-order valence-corrected chi connectivity index (χ1v) is 7.46. The Morgan fingerprint density at radius 3 is 2.59 bits per heavy atom. The molecule has 1 amide bonds. The minimum Gasteiger partial charge on any atom is -0.494 e. The zero-order chi connectivity index (χ0) is 15.8. The van der Waals surface area contributed by atoms with Crippen LogP contribution in [-0.4, -0.2) is 12.5 Å². The molecule has 2 aromatic carbocycles. The number of benzene rings is 2. The first-order chi connectivity index (χ1) is 10.7. The predicted molar refractivity (Wildman–Crippen MR) is 88.9 cm³/mol. The molecule has 0 aliphatic heterocycles. The highest BCUT2D eigenvalue weighted by atomic mass is 16.5. The van der Waals surface area contributed by atoms with Gasteiger partial charge in [0.15, 0.2) is 0 Å². The van der Waals surface area contributed by atoms with Gasteiger partial charge in [-0.15, -0.1) is 0 Å². The van der Waals surface area contributed by atoms with E-state index < -0.39 is 0 Å². The van der Waals surface area contributed by atoms with Crippen molar-refractivity contribution in [3.8, 4) is 5.75 Å². The first kappa shape index (κ1) is 16.0. The maximum Gasteiger partial charge on any atom is 0.224 e. The number of ether oxygens (including phenoxy) is 1. The number of anilines is 1. The number of nitrogens with two attached hydrogens (primary N) is 1. The highest BCUT2D eigenvalue weighted by Crippen LogP contribution is 2.15. The van der Waals surface area contributed by atoms with Crippen molar-refractivity contribution >= 4 is 11.6 Å². The maximum atomic E-state index is 11.9. The van der Waals surface area contributed by atoms with E-state index in [9.17, 15) is 4.79 Å². The third-order valence-electron chi connectivity index (χ3n) is 3.35. The second-order valence-corrected chi connectivity index (χ2v) is 5.17. The van der Waals surface area contributed by atoms with Crippen molar-refractivity contribution in [1.29, 1.82) is 0 Å². The highest BCUT2D eigenvalue weighted by molar-refractivity contribution is 5.91. The van der Waals surface area contributed by atoms with Gasteiger partial charge in [-0.05, 0) is 37.1 Å². The molecule has 0 saturated carbocycles. The lowest BCUT2D eigenvalue weighted by Crippen LogP contribution is -2.14. The van der Waals surface area contributed by atoms with Gasteiger partial charge in [0.1, 0.15) is 5.75 Å². The van der Waals surface area contributed by atoms with E-state index in [1.807, 2.05) is 55.5 Å². The van der Waals surface area contributed by atoms with E-state index in [1.54, 1.807) is 0 Å². The quantitative estimate of drug-likeness (QED) is 0.771. The third-order valence-corrected chi connectivity index (χ3v) is 3.35. The molecule has 0 unspecified atom stereocenters. The average molecular weight is 298 g/mol. The number of carbonyl (C=O) groups excluding carboxylic acids is 1. The van der Waals surface area contributed by atoms with Crippen LogP contribution in [0.15, 0.2) is 48.5 Å². The van der Waals surface area contributed by atoms with Gasteiger partial charge in [0, 0.05) is 18.7 Å². The summed E-state index contributed by atoms with van der Waals surface area (Å²) in [5.41, 5.74) is 8.57. The Hall–Kier alpha value is -2.33. The van der Waals surface area contributed by atoms with Crippen LogP contribution in [0.25, 0.3) is 0 Å². The van der Waals surface area contributed by atoms with Gasteiger partial charge in [-0.1, -0.05) is 35.9 Å². The van der Waals surface area contributed by atoms with E-state index in [1.165, 1.54) is 5.56 Å². The molecule has 4 nitrogen and oxygen atoms in total. The van der Waals surface area contributed by atoms with E-state index in [0.717, 1.165) is 17.0 Å². The van der Waals surface area contributed by atoms with Gasteiger partial charge in [-0.3, -0.25) is 4.79 Å². The number of carbonyl (C=O) groups is 1. The van der Waals surface area contributed by atoms with Crippen molar-refractivity contribution in [3.05, 3.63) is 59.7 Å². The Labute approximate surface area is 131 Å². The smallest absolute Gasteiger partial charge is 0.224 e. The van der Waals surface area contributed by atoms with Gasteiger partial charge >= 0.3 is 0 Å². The summed E-state index contributed by atoms with van der Waals surface area (Å²) in [6.45, 7) is 2.97. The molecular weight excluding hydrogens is 276 g/mol. The van der Waals surface area contributed by atoms with E-state index in [-0.39, 0.29) is 5.91 Å². The van der Waals surface area contributed by atoms with Crippen LogP contribution >= 0.6 is 0 Å². The van der Waals surface area contributed by atoms with Gasteiger partial charge in [0.05, 0.1) is 6.61 Å². The molecule has 0 bridgehead atoms. The largest absolute Gasteiger partial charge is 0.494 e. The van der Waals surface area contributed by atoms with Gasteiger partial charge < -0.3 is 15.8 Å². The van der Waals surface area contributed by atoms with Crippen LogP contribution < -0.4 is 15.8 Å². The van der Waals surface area contributed by atoms with Crippen molar-refractivity contribution in [3.63, 3.8) is 0 Å². The zero-order valence-electron chi connectivity index (χ0n) is 12.8. The minimum absolute atomic E-state index is 0.0200. The Bertz CT molecular complexity index is 609. The van der Waals surface area contributed by atoms with Gasteiger partial charge in [0.2, 0.25) is 5.91 Å². The van der Waals surface area contributed by atoms with Crippen molar-refractivity contribution in [2.45, 2.75) is 26.3 Å². The summed E-state index contributed by atoms with van der Waals surface area (Å²) < 4.78 is 5.61. The average Bonchev–Trinajstić information content (AvgIpc) is 2.54. The van der Waals surface area contributed by atoms with Crippen molar-refractivity contribution in [1.82, 2.24) is 0 Å². The summed E-state index contributed by atoms with van der Waals surface area (Å²) in [4.78, 5) is 11.9. The van der Waals surface area contributed by atoms with Crippen LogP contribution in [0.5, 0.6) is 5.75 Å². The monoisotopic (exact) mass is 298 g/mol. The van der Waals surface area contributed by atoms with Crippen LogP contribution in [0.1, 0.15) is 24.0 Å². The van der Waals surface area contributed by atoms with Crippen molar-refractivity contribution in [2.75, 3.05) is 11.9 Å². The van der Waals surface area contributed by atoms with E-state index >= 15 is 0 Å². The lowest BCUT2D eigenvalue weighted by atomic mass is 10.1. The first-order valence-electron chi connectivity index (χ1n) is 7.46. The van der Waals surface area contributed by atoms with E-state index in [2.05, 4.69) is 5.32 Å². The molecule has 116 valence electrons. The van der Waals surface area contributed by atoms with E-state index in [0.29, 0.717) is 26.0 Å². The van der Waals surface area contributed by atoms with Gasteiger partial charge in [-0.25, -0.2) is 0 Å². The molecule has 0 saturated heterocycles. The Balaban J connectivity index is 1.72. The Morgan fingerprint density at radius 1 is 1.14 bits per heavy atom. The number of para-hydroxylation sites is 1. The maximum absolute atomic E-state index is 11.9. The fourth-order valence-corrected chi connectivity index (χ4v) is 2.09. The molecule has 0 radical (unpaired) electrons. The standard InChI is InChI=1S/C18H22N2O2/c1-14-8-10-16(11-9-14)22-12-4-7-18(21)20-17-6-3-2-5-15(17)13-19/h2-3,5-6,8-11H,4,7,12-13,19H2,1H3,(H,20,21). The van der Waals surface area contributed by atoms with Gasteiger partial charge in [-0.2, -0.15) is 0 Å². The minimum atomic E-state index is -0.0200. The predicted octanol–water partition coefficient (Wildman–Crippen LogP) is 3.25. The lowest BCUT2D eigenvalue weighted by Gasteiger charge is -2.10. The fraction of sp³-hybridized carbons (Fsp3) is 0.278. The van der Waals surface area contributed by atoms with Crippen LogP contribution in [0, 0.1) is 6.92 Å². The molecule has 4 heteroatoms. The molecule has 2 aromatic rings. The number of rotatable bonds is 7. The number of hydrogen-bond donors (Lipinski definition) is 2. The SMILES string of the molecule is Cc1ccc(OCCCC(=O)Nc2ccccc2CN)cc1. The topological polar surface area (TPSA) is 64.3 Å². The summed E-state index contributed by atoms with van der Waals surface area (Å²) in [6.07, 6.45) is 1.09. The summed E-state index contributed by atoms with van der Waals surface area (Å²) in [6, 6.07) is 15.5. The normalized spacial score (nSPS) is 10.3. The Kier molecular flexibility index (Phi) is 5.98. The third kappa shape index (κ3) is 4.90.